The first-order valence-electron chi connectivity index (χ1n) is 15.8. The molecular weight excluding hydrogens is 556 g/mol. The number of aliphatic hydroxyl groups is 1. The van der Waals surface area contributed by atoms with Gasteiger partial charge in [0.25, 0.3) is 5.91 Å². The highest BCUT2D eigenvalue weighted by Crippen LogP contribution is 2.37. The van der Waals surface area contributed by atoms with Crippen LogP contribution in [-0.2, 0) is 9.59 Å². The fourth-order valence-corrected chi connectivity index (χ4v) is 6.74. The number of piperazine rings is 1. The maximum absolute atomic E-state index is 13.7. The minimum atomic E-state index is -0.849. The van der Waals surface area contributed by atoms with Gasteiger partial charge in [-0.05, 0) is 82.2 Å². The second-order valence-electron chi connectivity index (χ2n) is 12.2. The van der Waals surface area contributed by atoms with Gasteiger partial charge in [0.05, 0.1) is 12.2 Å². The van der Waals surface area contributed by atoms with Crippen molar-refractivity contribution >= 4 is 30.1 Å². The van der Waals surface area contributed by atoms with Gasteiger partial charge in [0.2, 0.25) is 11.8 Å². The Balaban J connectivity index is 0.00000484. The van der Waals surface area contributed by atoms with Gasteiger partial charge in [0.15, 0.2) is 0 Å². The molecule has 2 saturated heterocycles. The van der Waals surface area contributed by atoms with E-state index in [1.807, 2.05) is 17.0 Å². The number of hydrogen-bond donors (Lipinski definition) is 3. The van der Waals surface area contributed by atoms with Crippen LogP contribution in [0.1, 0.15) is 101 Å². The number of nitrogens with zero attached hydrogens (tertiary/aromatic N) is 2. The summed E-state index contributed by atoms with van der Waals surface area (Å²) in [6.07, 6.45) is 11.0. The molecule has 10 heteroatoms. The van der Waals surface area contributed by atoms with Crippen LogP contribution >= 0.6 is 12.4 Å². The first-order chi connectivity index (χ1) is 19.8. The smallest absolute Gasteiger partial charge is 0.251 e. The highest BCUT2D eigenvalue weighted by atomic mass is 35.5. The molecule has 2 aliphatic heterocycles. The summed E-state index contributed by atoms with van der Waals surface area (Å²) in [4.78, 5) is 43.3. The zero-order valence-electron chi connectivity index (χ0n) is 25.5. The van der Waals surface area contributed by atoms with Gasteiger partial charge < -0.3 is 30.3 Å². The van der Waals surface area contributed by atoms with Crippen LogP contribution in [0.4, 0.5) is 0 Å². The van der Waals surface area contributed by atoms with Gasteiger partial charge in [-0.1, -0.05) is 32.6 Å². The summed E-state index contributed by atoms with van der Waals surface area (Å²) in [7, 11) is 1.62. The first kappa shape index (κ1) is 34.1. The summed E-state index contributed by atoms with van der Waals surface area (Å²) in [6, 6.07) is 6.55. The molecule has 1 aromatic rings. The molecule has 1 aliphatic carbocycles. The number of halogens is 1. The molecule has 1 aromatic carbocycles. The third-order valence-corrected chi connectivity index (χ3v) is 9.33. The standard InChI is InChI=1S/C32H50N4O5.ClH/c1-3-4-20-36-29(38)27(24-31(40)15-7-5-8-16-31)34-30(39)32(36)17-21-35(22-18-32)19-9-6-10-23-41-26-13-11-25(12-14-26)28(37)33-2;/h11-14,27,40H,3-10,15-24H2,1-2H3,(H,33,37)(H,34,39);1H/t27-;/m1./s1. The van der Waals surface area contributed by atoms with Crippen LogP contribution in [0.2, 0.25) is 0 Å². The van der Waals surface area contributed by atoms with Crippen molar-refractivity contribution in [3.8, 4) is 5.75 Å². The van der Waals surface area contributed by atoms with Gasteiger partial charge in [0.1, 0.15) is 17.3 Å². The molecule has 3 aliphatic rings. The molecule has 0 aromatic heterocycles. The van der Waals surface area contributed by atoms with E-state index < -0.39 is 17.2 Å². The Morgan fingerprint density at radius 2 is 1.69 bits per heavy atom. The molecule has 236 valence electrons. The van der Waals surface area contributed by atoms with Crippen molar-refractivity contribution in [2.24, 2.45) is 0 Å². The molecule has 42 heavy (non-hydrogen) atoms. The molecular formula is C32H51ClN4O5. The number of rotatable bonds is 13. The van der Waals surface area contributed by atoms with Crippen LogP contribution in [0.5, 0.6) is 5.75 Å². The van der Waals surface area contributed by atoms with E-state index >= 15 is 0 Å². The second kappa shape index (κ2) is 15.9. The SMILES string of the molecule is CCCCN1C(=O)[C@@H](CC2(O)CCCCC2)NC(=O)C12CCN(CCCCCOc1ccc(C(=O)NC)cc1)CC2.Cl. The van der Waals surface area contributed by atoms with Gasteiger partial charge in [-0.2, -0.15) is 0 Å². The third kappa shape index (κ3) is 8.38. The van der Waals surface area contributed by atoms with Crippen molar-refractivity contribution in [3.63, 3.8) is 0 Å². The van der Waals surface area contributed by atoms with E-state index in [2.05, 4.69) is 22.5 Å². The highest BCUT2D eigenvalue weighted by molar-refractivity contribution is 6.00. The Morgan fingerprint density at radius 3 is 2.33 bits per heavy atom. The quantitative estimate of drug-likeness (QED) is 0.292. The molecule has 4 rings (SSSR count). The molecule has 9 nitrogen and oxygen atoms in total. The largest absolute Gasteiger partial charge is 0.494 e. The highest BCUT2D eigenvalue weighted by Gasteiger charge is 2.54. The fourth-order valence-electron chi connectivity index (χ4n) is 6.74. The number of piperidine rings is 1. The summed E-state index contributed by atoms with van der Waals surface area (Å²) in [5, 5.41) is 16.8. The predicted molar refractivity (Wildman–Crippen MR) is 166 cm³/mol. The molecule has 0 radical (unpaired) electrons. The lowest BCUT2D eigenvalue weighted by Gasteiger charge is -2.52. The van der Waals surface area contributed by atoms with Crippen LogP contribution in [-0.4, -0.2) is 89.6 Å². The normalized spacial score (nSPS) is 21.9. The number of amides is 3. The van der Waals surface area contributed by atoms with Crippen molar-refractivity contribution in [1.29, 1.82) is 0 Å². The minimum Gasteiger partial charge on any atom is -0.494 e. The lowest BCUT2D eigenvalue weighted by atomic mass is 9.77. The number of ether oxygens (including phenoxy) is 1. The lowest BCUT2D eigenvalue weighted by Crippen LogP contribution is -2.73. The Morgan fingerprint density at radius 1 is 1.00 bits per heavy atom. The predicted octanol–water partition coefficient (Wildman–Crippen LogP) is 4.06. The Labute approximate surface area is 257 Å². The van der Waals surface area contributed by atoms with E-state index in [-0.39, 0.29) is 30.1 Å². The number of likely N-dealkylation sites (tertiary alicyclic amines) is 1. The summed E-state index contributed by atoms with van der Waals surface area (Å²) in [5.74, 6) is 0.622. The molecule has 3 N–H and O–H groups in total. The van der Waals surface area contributed by atoms with Crippen molar-refractivity contribution in [1.82, 2.24) is 20.4 Å². The molecule has 1 saturated carbocycles. The third-order valence-electron chi connectivity index (χ3n) is 9.33. The number of hydrogen-bond acceptors (Lipinski definition) is 6. The topological polar surface area (TPSA) is 111 Å². The number of nitrogens with one attached hydrogen (secondary N) is 2. The molecule has 0 bridgehead atoms. The summed E-state index contributed by atoms with van der Waals surface area (Å²) >= 11 is 0. The maximum Gasteiger partial charge on any atom is 0.251 e. The molecule has 2 heterocycles. The number of carbonyl (C=O) groups excluding carboxylic acids is 3. The average molecular weight is 607 g/mol. The van der Waals surface area contributed by atoms with Gasteiger partial charge in [-0.15, -0.1) is 12.4 Å². The summed E-state index contributed by atoms with van der Waals surface area (Å²) in [6.45, 7) is 5.91. The van der Waals surface area contributed by atoms with Gasteiger partial charge in [-0.25, -0.2) is 0 Å². The van der Waals surface area contributed by atoms with E-state index in [1.165, 1.54) is 0 Å². The Hall–Kier alpha value is -2.36. The molecule has 1 atom stereocenters. The molecule has 0 unspecified atom stereocenters. The van der Waals surface area contributed by atoms with Crippen LogP contribution in [0.15, 0.2) is 24.3 Å². The average Bonchev–Trinajstić information content (AvgIpc) is 2.98. The van der Waals surface area contributed by atoms with E-state index in [0.29, 0.717) is 50.8 Å². The molecule has 1 spiro atoms. The Kier molecular flexibility index (Phi) is 12.9. The van der Waals surface area contributed by atoms with Crippen molar-refractivity contribution in [2.75, 3.05) is 39.8 Å². The van der Waals surface area contributed by atoms with Gasteiger partial charge >= 0.3 is 0 Å². The fraction of sp³-hybridized carbons (Fsp3) is 0.719. The first-order valence-corrected chi connectivity index (χ1v) is 15.8. The summed E-state index contributed by atoms with van der Waals surface area (Å²) < 4.78 is 5.83. The van der Waals surface area contributed by atoms with E-state index in [1.54, 1.807) is 19.2 Å². The van der Waals surface area contributed by atoms with E-state index in [9.17, 15) is 19.5 Å². The molecule has 3 amide bonds. The second-order valence-corrected chi connectivity index (χ2v) is 12.2. The van der Waals surface area contributed by atoms with Crippen LogP contribution in [0.3, 0.4) is 0 Å². The van der Waals surface area contributed by atoms with Crippen molar-refractivity contribution < 1.29 is 24.2 Å². The Bertz CT molecular complexity index is 1020. The zero-order valence-corrected chi connectivity index (χ0v) is 26.3. The van der Waals surface area contributed by atoms with Gasteiger partial charge in [-0.3, -0.25) is 14.4 Å². The van der Waals surface area contributed by atoms with Crippen molar-refractivity contribution in [3.05, 3.63) is 29.8 Å². The number of unbranched alkanes of at least 4 members (excludes halogenated alkanes) is 3. The van der Waals surface area contributed by atoms with E-state index in [4.69, 9.17) is 4.74 Å². The van der Waals surface area contributed by atoms with E-state index in [0.717, 1.165) is 76.8 Å². The maximum atomic E-state index is 13.7. The van der Waals surface area contributed by atoms with Crippen LogP contribution in [0.25, 0.3) is 0 Å². The zero-order chi connectivity index (χ0) is 29.3. The van der Waals surface area contributed by atoms with Gasteiger partial charge in [0, 0.05) is 38.7 Å². The van der Waals surface area contributed by atoms with Crippen molar-refractivity contribution in [2.45, 2.75) is 108 Å². The lowest BCUT2D eigenvalue weighted by molar-refractivity contribution is -0.163. The number of carbonyl (C=O) groups is 3. The van der Waals surface area contributed by atoms with Crippen LogP contribution in [0, 0.1) is 0 Å². The summed E-state index contributed by atoms with van der Waals surface area (Å²) in [5.41, 5.74) is -1.00. The van der Waals surface area contributed by atoms with Crippen LogP contribution < -0.4 is 15.4 Å². The minimum absolute atomic E-state index is 0. The monoisotopic (exact) mass is 606 g/mol. The number of benzene rings is 1. The molecule has 3 fully saturated rings.